The van der Waals surface area contributed by atoms with Gasteiger partial charge in [0, 0.05) is 25.2 Å². The first-order chi connectivity index (χ1) is 11.8. The molecule has 10 heteroatoms. The van der Waals surface area contributed by atoms with Gasteiger partial charge in [0.05, 0.1) is 11.1 Å². The Morgan fingerprint density at radius 3 is 2.52 bits per heavy atom. The molecule has 0 saturated carbocycles. The fraction of sp³-hybridized carbons (Fsp3) is 0.400. The summed E-state index contributed by atoms with van der Waals surface area (Å²) in [5.74, 6) is 3.81. The summed E-state index contributed by atoms with van der Waals surface area (Å²) in [5, 5.41) is 10.8. The molecule has 3 rings (SSSR count). The smallest absolute Gasteiger partial charge is 0.273 e. The fourth-order valence-electron chi connectivity index (χ4n) is 3.47. The molecule has 1 aromatic carbocycles. The van der Waals surface area contributed by atoms with Crippen LogP contribution in [0.5, 0.6) is 0 Å². The van der Waals surface area contributed by atoms with Crippen molar-refractivity contribution in [2.75, 3.05) is 13.1 Å². The third kappa shape index (κ3) is 3.14. The van der Waals surface area contributed by atoms with E-state index >= 15 is 0 Å². The number of carbonyl (C=O) groups excluding carboxylic acids is 1. The van der Waals surface area contributed by atoms with Gasteiger partial charge in [0.25, 0.3) is 5.91 Å². The lowest BCUT2D eigenvalue weighted by atomic mass is 10.2. The number of rotatable bonds is 4. The molecule has 0 aliphatic carbocycles. The maximum Gasteiger partial charge on any atom is 0.273 e. The normalized spacial score (nSPS) is 24.0. The summed E-state index contributed by atoms with van der Waals surface area (Å²) in [6.07, 6.45) is 2.18. The van der Waals surface area contributed by atoms with Crippen LogP contribution in [0.15, 0.2) is 34.3 Å². The Balaban J connectivity index is 1.84. The third-order valence-corrected chi connectivity index (χ3v) is 6.51. The van der Waals surface area contributed by atoms with Crippen LogP contribution in [0.1, 0.15) is 12.8 Å². The van der Waals surface area contributed by atoms with Crippen molar-refractivity contribution in [2.24, 2.45) is 10.9 Å². The van der Waals surface area contributed by atoms with Crippen molar-refractivity contribution in [3.05, 3.63) is 30.1 Å². The van der Waals surface area contributed by atoms with Gasteiger partial charge in [-0.1, -0.05) is 6.07 Å². The monoisotopic (exact) mass is 367 g/mol. The first-order valence-electron chi connectivity index (χ1n) is 7.75. The van der Waals surface area contributed by atoms with E-state index in [9.17, 15) is 17.6 Å². The summed E-state index contributed by atoms with van der Waals surface area (Å²) in [7, 11) is -3.84. The second kappa shape index (κ2) is 6.52. The molecule has 2 heterocycles. The number of fused-ring (bicyclic) bond motifs is 2. The molecule has 0 aromatic heterocycles. The maximum absolute atomic E-state index is 13.4. The van der Waals surface area contributed by atoms with Crippen molar-refractivity contribution in [2.45, 2.75) is 29.8 Å². The van der Waals surface area contributed by atoms with Crippen LogP contribution in [-0.2, 0) is 14.8 Å². The highest BCUT2D eigenvalue weighted by Crippen LogP contribution is 2.35. The molecule has 0 radical (unpaired) electrons. The van der Waals surface area contributed by atoms with Crippen LogP contribution in [-0.4, -0.2) is 60.6 Å². The van der Waals surface area contributed by atoms with Gasteiger partial charge in [-0.25, -0.2) is 12.8 Å². The summed E-state index contributed by atoms with van der Waals surface area (Å²) in [5.41, 5.74) is -0.344. The molecule has 8 nitrogen and oxygen atoms in total. The molecule has 3 N–H and O–H groups in total. The van der Waals surface area contributed by atoms with Crippen LogP contribution in [0.25, 0.3) is 0 Å². The molecule has 2 bridgehead atoms. The Morgan fingerprint density at radius 1 is 1.32 bits per heavy atom. The van der Waals surface area contributed by atoms with E-state index in [1.807, 2.05) is 0 Å². The Hall–Kier alpha value is -2.33. The van der Waals surface area contributed by atoms with E-state index in [1.165, 1.54) is 27.4 Å². The van der Waals surface area contributed by atoms with Gasteiger partial charge >= 0.3 is 0 Å². The summed E-state index contributed by atoms with van der Waals surface area (Å²) >= 11 is 0. The highest BCUT2D eigenvalue weighted by molar-refractivity contribution is 7.89. The molecule has 1 aromatic rings. The number of halogens is 1. The van der Waals surface area contributed by atoms with E-state index in [1.54, 1.807) is 0 Å². The number of nitrogens with one attached hydrogen (secondary N) is 1. The topological polar surface area (TPSA) is 120 Å². The van der Waals surface area contributed by atoms with Crippen LogP contribution >= 0.6 is 0 Å². The summed E-state index contributed by atoms with van der Waals surface area (Å²) in [4.78, 5) is 13.6. The zero-order valence-corrected chi connectivity index (χ0v) is 14.1. The molecule has 1 amide bonds. The van der Waals surface area contributed by atoms with Crippen LogP contribution < -0.4 is 5.84 Å². The van der Waals surface area contributed by atoms with Gasteiger partial charge in [0.15, 0.2) is 0 Å². The number of amides is 1. The van der Waals surface area contributed by atoms with Gasteiger partial charge < -0.3 is 10.7 Å². The largest absolute Gasteiger partial charge is 0.334 e. The number of nitrogens with zero attached hydrogens (tertiary/aromatic N) is 3. The maximum atomic E-state index is 13.4. The lowest BCUT2D eigenvalue weighted by Crippen LogP contribution is -2.58. The highest BCUT2D eigenvalue weighted by Gasteiger charge is 2.47. The molecule has 2 atom stereocenters. The number of hydrazone groups is 1. The number of carbonyl (C=O) groups is 1. The Kier molecular flexibility index (Phi) is 4.56. The molecule has 2 saturated heterocycles. The van der Waals surface area contributed by atoms with Gasteiger partial charge in [-0.15, -0.1) is 0 Å². The number of piperazine rings is 1. The zero-order chi connectivity index (χ0) is 18.2. The Labute approximate surface area is 144 Å². The second-order valence-electron chi connectivity index (χ2n) is 6.08. The molecule has 2 aliphatic rings. The van der Waals surface area contributed by atoms with Crippen molar-refractivity contribution in [1.29, 1.82) is 5.41 Å². The third-order valence-electron chi connectivity index (χ3n) is 4.51. The summed E-state index contributed by atoms with van der Waals surface area (Å²) < 4.78 is 40.6. The number of hydrogen-bond donors (Lipinski definition) is 2. The van der Waals surface area contributed by atoms with E-state index < -0.39 is 33.8 Å². The minimum Gasteiger partial charge on any atom is -0.334 e. The van der Waals surface area contributed by atoms with Crippen LogP contribution in [0, 0.1) is 11.2 Å². The Morgan fingerprint density at radius 2 is 1.96 bits per heavy atom. The molecule has 2 fully saturated rings. The summed E-state index contributed by atoms with van der Waals surface area (Å²) in [6, 6.07) is 4.13. The lowest BCUT2D eigenvalue weighted by molar-refractivity contribution is -0.126. The minimum absolute atomic E-state index is 0.0906. The number of nitrogens with two attached hydrogens (primary N) is 1. The standard InChI is InChI=1S/C15H18FN5O3S/c16-10-2-1-3-13(6-10)25(23,24)21-11-4-5-12(21)9-20(8-11)15(22)14(17)7-19-18/h1-3,6-7,11-12,17H,4-5,8-9,18H2. The number of likely N-dealkylation sites (tertiary alicyclic amines) is 1. The van der Waals surface area contributed by atoms with Crippen molar-refractivity contribution < 1.29 is 17.6 Å². The van der Waals surface area contributed by atoms with Crippen molar-refractivity contribution in [1.82, 2.24) is 9.21 Å². The predicted molar refractivity (Wildman–Crippen MR) is 89.2 cm³/mol. The van der Waals surface area contributed by atoms with E-state index in [2.05, 4.69) is 5.10 Å². The van der Waals surface area contributed by atoms with Gasteiger partial charge in [0.1, 0.15) is 11.5 Å². The highest BCUT2D eigenvalue weighted by atomic mass is 32.2. The first-order valence-corrected chi connectivity index (χ1v) is 9.19. The quantitative estimate of drug-likeness (QED) is 0.447. The van der Waals surface area contributed by atoms with E-state index in [0.717, 1.165) is 12.3 Å². The SMILES string of the molecule is N=C(C=NN)C(=O)N1CC2CCC(C1)N2S(=O)(=O)c1cccc(F)c1. The van der Waals surface area contributed by atoms with Gasteiger partial charge in [-0.05, 0) is 31.0 Å². The molecule has 134 valence electrons. The van der Waals surface area contributed by atoms with Crippen LogP contribution in [0.3, 0.4) is 0 Å². The number of sulfonamides is 1. The average Bonchev–Trinajstić information content (AvgIpc) is 2.86. The van der Waals surface area contributed by atoms with Crippen LogP contribution in [0.4, 0.5) is 4.39 Å². The van der Waals surface area contributed by atoms with Gasteiger partial charge in [-0.2, -0.15) is 9.41 Å². The summed E-state index contributed by atoms with van der Waals surface area (Å²) in [6.45, 7) is 0.370. The van der Waals surface area contributed by atoms with E-state index in [-0.39, 0.29) is 23.7 Å². The number of hydrogen-bond acceptors (Lipinski definition) is 6. The molecule has 2 aliphatic heterocycles. The molecule has 0 spiro atoms. The van der Waals surface area contributed by atoms with Crippen molar-refractivity contribution in [3.63, 3.8) is 0 Å². The number of benzene rings is 1. The zero-order valence-electron chi connectivity index (χ0n) is 13.3. The predicted octanol–water partition coefficient (Wildman–Crippen LogP) is 0.154. The van der Waals surface area contributed by atoms with E-state index in [0.29, 0.717) is 12.8 Å². The van der Waals surface area contributed by atoms with Crippen molar-refractivity contribution >= 4 is 27.9 Å². The first kappa shape index (κ1) is 17.5. The van der Waals surface area contributed by atoms with Crippen molar-refractivity contribution in [3.8, 4) is 0 Å². The Bertz CT molecular complexity index is 827. The van der Waals surface area contributed by atoms with Gasteiger partial charge in [0.2, 0.25) is 10.0 Å². The molecular formula is C15H18FN5O3S. The fourth-order valence-corrected chi connectivity index (χ4v) is 5.36. The van der Waals surface area contributed by atoms with E-state index in [4.69, 9.17) is 11.3 Å². The lowest BCUT2D eigenvalue weighted by Gasteiger charge is -2.39. The molecular weight excluding hydrogens is 349 g/mol. The molecule has 25 heavy (non-hydrogen) atoms. The molecule has 2 unspecified atom stereocenters. The van der Waals surface area contributed by atoms with Crippen LogP contribution in [0.2, 0.25) is 0 Å². The van der Waals surface area contributed by atoms with Gasteiger partial charge in [-0.3, -0.25) is 10.2 Å². The average molecular weight is 367 g/mol. The second-order valence-corrected chi connectivity index (χ2v) is 7.92. The minimum atomic E-state index is -3.84.